The Morgan fingerprint density at radius 2 is 1.63 bits per heavy atom. The van der Waals surface area contributed by atoms with Crippen LogP contribution in [0.2, 0.25) is 0 Å². The molecule has 1 aliphatic heterocycles. The van der Waals surface area contributed by atoms with E-state index < -0.39 is 5.97 Å². The second kappa shape index (κ2) is 6.73. The van der Waals surface area contributed by atoms with Crippen molar-refractivity contribution in [3.63, 3.8) is 0 Å². The number of nitrogens with zero attached hydrogens (tertiary/aromatic N) is 1. The Morgan fingerprint density at radius 1 is 1.00 bits per heavy atom. The first-order valence-corrected chi connectivity index (χ1v) is 7.36. The number of hydrogen-bond donors (Lipinski definition) is 1. The maximum atomic E-state index is 12.0. The van der Waals surface area contributed by atoms with Gasteiger partial charge in [-0.1, -0.05) is 25.3 Å². The van der Waals surface area contributed by atoms with Gasteiger partial charge in [0.2, 0.25) is 5.91 Å². The van der Waals surface area contributed by atoms with Gasteiger partial charge in [0.15, 0.2) is 0 Å². The Kier molecular flexibility index (Phi) is 5.00. The number of likely N-dealkylation sites (tertiary alicyclic amines) is 1. The fourth-order valence-electron chi connectivity index (χ4n) is 3.00. The van der Waals surface area contributed by atoms with E-state index >= 15 is 0 Å². The second-order valence-electron chi connectivity index (χ2n) is 5.70. The molecule has 0 unspecified atom stereocenters. The Hall–Kier alpha value is -1.32. The number of carboxylic acids is 1. The van der Waals surface area contributed by atoms with Gasteiger partial charge in [-0.05, 0) is 37.7 Å². The molecule has 0 bridgehead atoms. The van der Waals surface area contributed by atoms with Gasteiger partial charge in [-0.25, -0.2) is 0 Å². The molecule has 19 heavy (non-hydrogen) atoms. The van der Waals surface area contributed by atoms with Crippen molar-refractivity contribution in [2.45, 2.75) is 44.9 Å². The predicted molar refractivity (Wildman–Crippen MR) is 72.7 cm³/mol. The van der Waals surface area contributed by atoms with Crippen LogP contribution in [0.15, 0.2) is 12.2 Å². The summed E-state index contributed by atoms with van der Waals surface area (Å²) in [4.78, 5) is 24.6. The van der Waals surface area contributed by atoms with E-state index in [4.69, 9.17) is 5.11 Å². The number of amides is 1. The standard InChI is InChI=1S/C15H23NO3/c17-14(7-6-12-4-2-1-3-5-12)16-10-8-13(9-11-16)15(18)19/h6-7,12-13H,1-5,8-11H2,(H,18,19). The van der Waals surface area contributed by atoms with Gasteiger partial charge in [-0.15, -0.1) is 0 Å². The minimum Gasteiger partial charge on any atom is -0.481 e. The molecule has 2 fully saturated rings. The maximum absolute atomic E-state index is 12.0. The maximum Gasteiger partial charge on any atom is 0.306 e. The van der Waals surface area contributed by atoms with E-state index in [9.17, 15) is 9.59 Å². The lowest BCUT2D eigenvalue weighted by molar-refractivity contribution is -0.144. The first kappa shape index (κ1) is 14.1. The average Bonchev–Trinajstić information content (AvgIpc) is 2.46. The van der Waals surface area contributed by atoms with Crippen molar-refractivity contribution in [3.05, 3.63) is 12.2 Å². The van der Waals surface area contributed by atoms with Crippen LogP contribution in [-0.2, 0) is 9.59 Å². The highest BCUT2D eigenvalue weighted by Crippen LogP contribution is 2.24. The molecule has 2 aliphatic rings. The van der Waals surface area contributed by atoms with Gasteiger partial charge in [0.05, 0.1) is 5.92 Å². The lowest BCUT2D eigenvalue weighted by atomic mass is 9.89. The van der Waals surface area contributed by atoms with Gasteiger partial charge in [0.25, 0.3) is 0 Å². The summed E-state index contributed by atoms with van der Waals surface area (Å²) in [7, 11) is 0. The van der Waals surface area contributed by atoms with Crippen LogP contribution in [0.25, 0.3) is 0 Å². The van der Waals surface area contributed by atoms with Crippen LogP contribution in [-0.4, -0.2) is 35.0 Å². The zero-order valence-electron chi connectivity index (χ0n) is 11.4. The summed E-state index contributed by atoms with van der Waals surface area (Å²) in [5.41, 5.74) is 0. The van der Waals surface area contributed by atoms with E-state index in [0.29, 0.717) is 31.8 Å². The van der Waals surface area contributed by atoms with Gasteiger partial charge in [-0.2, -0.15) is 0 Å². The van der Waals surface area contributed by atoms with Crippen molar-refractivity contribution < 1.29 is 14.7 Å². The van der Waals surface area contributed by atoms with E-state index in [1.165, 1.54) is 32.1 Å². The molecule has 1 aliphatic carbocycles. The molecule has 1 saturated carbocycles. The van der Waals surface area contributed by atoms with Crippen LogP contribution in [0.3, 0.4) is 0 Å². The third-order valence-electron chi connectivity index (χ3n) is 4.32. The van der Waals surface area contributed by atoms with Crippen LogP contribution in [0, 0.1) is 11.8 Å². The summed E-state index contributed by atoms with van der Waals surface area (Å²) in [5, 5.41) is 8.92. The smallest absolute Gasteiger partial charge is 0.306 e. The zero-order valence-corrected chi connectivity index (χ0v) is 11.4. The molecular weight excluding hydrogens is 242 g/mol. The normalized spacial score (nSPS) is 22.8. The first-order chi connectivity index (χ1) is 9.16. The fourth-order valence-corrected chi connectivity index (χ4v) is 3.00. The van der Waals surface area contributed by atoms with Crippen LogP contribution < -0.4 is 0 Å². The molecule has 0 atom stereocenters. The molecule has 0 spiro atoms. The Morgan fingerprint density at radius 3 is 2.21 bits per heavy atom. The number of carbonyl (C=O) groups is 2. The van der Waals surface area contributed by atoms with Crippen molar-refractivity contribution in [3.8, 4) is 0 Å². The van der Waals surface area contributed by atoms with Gasteiger partial charge in [-0.3, -0.25) is 9.59 Å². The number of piperidine rings is 1. The summed E-state index contributed by atoms with van der Waals surface area (Å²) >= 11 is 0. The van der Waals surface area contributed by atoms with Crippen molar-refractivity contribution in [1.82, 2.24) is 4.90 Å². The molecule has 1 N–H and O–H groups in total. The van der Waals surface area contributed by atoms with E-state index in [-0.39, 0.29) is 11.8 Å². The number of carbonyl (C=O) groups excluding carboxylic acids is 1. The molecule has 4 nitrogen and oxygen atoms in total. The van der Waals surface area contributed by atoms with Crippen molar-refractivity contribution in [1.29, 1.82) is 0 Å². The van der Waals surface area contributed by atoms with E-state index in [1.807, 2.05) is 0 Å². The number of rotatable bonds is 3. The van der Waals surface area contributed by atoms with Crippen LogP contribution in [0.5, 0.6) is 0 Å². The number of allylic oxidation sites excluding steroid dienone is 1. The average molecular weight is 265 g/mol. The van der Waals surface area contributed by atoms with Crippen LogP contribution >= 0.6 is 0 Å². The highest BCUT2D eigenvalue weighted by molar-refractivity contribution is 5.87. The highest BCUT2D eigenvalue weighted by atomic mass is 16.4. The molecule has 2 rings (SSSR count). The molecule has 106 valence electrons. The van der Waals surface area contributed by atoms with Gasteiger partial charge in [0.1, 0.15) is 0 Å². The number of carboxylic acid groups (broad SMARTS) is 1. The summed E-state index contributed by atoms with van der Waals surface area (Å²) in [6, 6.07) is 0. The Bertz CT molecular complexity index is 350. The second-order valence-corrected chi connectivity index (χ2v) is 5.70. The summed E-state index contributed by atoms with van der Waals surface area (Å²) in [5.74, 6) is -0.389. The Balaban J connectivity index is 1.77. The predicted octanol–water partition coefficient (Wildman–Crippen LogP) is 2.45. The fraction of sp³-hybridized carbons (Fsp3) is 0.733. The molecule has 4 heteroatoms. The van der Waals surface area contributed by atoms with Gasteiger partial charge >= 0.3 is 5.97 Å². The van der Waals surface area contributed by atoms with Crippen LogP contribution in [0.4, 0.5) is 0 Å². The number of aliphatic carboxylic acids is 1. The zero-order chi connectivity index (χ0) is 13.7. The molecule has 1 amide bonds. The van der Waals surface area contributed by atoms with Crippen molar-refractivity contribution in [2.75, 3.05) is 13.1 Å². The first-order valence-electron chi connectivity index (χ1n) is 7.36. The van der Waals surface area contributed by atoms with E-state index in [1.54, 1.807) is 11.0 Å². The minimum atomic E-state index is -0.732. The quantitative estimate of drug-likeness (QED) is 0.797. The highest BCUT2D eigenvalue weighted by Gasteiger charge is 2.26. The molecule has 1 saturated heterocycles. The third kappa shape index (κ3) is 4.08. The monoisotopic (exact) mass is 265 g/mol. The Labute approximate surface area is 114 Å². The van der Waals surface area contributed by atoms with E-state index in [0.717, 1.165) is 0 Å². The lowest BCUT2D eigenvalue weighted by Crippen LogP contribution is -2.39. The summed E-state index contributed by atoms with van der Waals surface area (Å²) in [6.07, 6.45) is 11.2. The largest absolute Gasteiger partial charge is 0.481 e. The minimum absolute atomic E-state index is 0.0504. The molecule has 0 aromatic rings. The third-order valence-corrected chi connectivity index (χ3v) is 4.32. The van der Waals surface area contributed by atoms with Gasteiger partial charge in [0, 0.05) is 13.1 Å². The SMILES string of the molecule is O=C(O)C1CCN(C(=O)C=CC2CCCCC2)CC1. The molecule has 0 radical (unpaired) electrons. The van der Waals surface area contributed by atoms with Gasteiger partial charge < -0.3 is 10.0 Å². The molecule has 1 heterocycles. The summed E-state index contributed by atoms with van der Waals surface area (Å²) in [6.45, 7) is 1.15. The van der Waals surface area contributed by atoms with Crippen LogP contribution in [0.1, 0.15) is 44.9 Å². The molecule has 0 aromatic carbocycles. The molecule has 0 aromatic heterocycles. The topological polar surface area (TPSA) is 57.6 Å². The van der Waals surface area contributed by atoms with Crippen molar-refractivity contribution >= 4 is 11.9 Å². The molecular formula is C15H23NO3. The van der Waals surface area contributed by atoms with Crippen molar-refractivity contribution in [2.24, 2.45) is 11.8 Å². The number of hydrogen-bond acceptors (Lipinski definition) is 2. The lowest BCUT2D eigenvalue weighted by Gasteiger charge is -2.29. The summed E-state index contributed by atoms with van der Waals surface area (Å²) < 4.78 is 0. The van der Waals surface area contributed by atoms with E-state index in [2.05, 4.69) is 6.08 Å².